The highest BCUT2D eigenvalue weighted by Crippen LogP contribution is 2.20. The van der Waals surface area contributed by atoms with Crippen molar-refractivity contribution >= 4 is 17.2 Å². The first-order valence-electron chi connectivity index (χ1n) is 9.25. The minimum Gasteiger partial charge on any atom is -0.486 e. The predicted octanol–water partition coefficient (Wildman–Crippen LogP) is 5.12. The molecule has 1 aromatic carbocycles. The second-order valence-corrected chi connectivity index (χ2v) is 8.09. The summed E-state index contributed by atoms with van der Waals surface area (Å²) in [6.45, 7) is 13.3. The minimum atomic E-state index is -0.00443. The maximum atomic E-state index is 12.5. The van der Waals surface area contributed by atoms with Crippen LogP contribution in [0.5, 0.6) is 5.75 Å². The number of rotatable bonds is 8. The summed E-state index contributed by atoms with van der Waals surface area (Å²) in [5, 5.41) is 2.96. The number of carbonyl (C=O) groups is 1. The first-order valence-corrected chi connectivity index (χ1v) is 10.1. The summed E-state index contributed by atoms with van der Waals surface area (Å²) >= 11 is 1.58. The van der Waals surface area contributed by atoms with Crippen molar-refractivity contribution in [3.8, 4) is 5.75 Å². The number of amides is 1. The van der Waals surface area contributed by atoms with Gasteiger partial charge in [0, 0.05) is 17.3 Å². The fourth-order valence-electron chi connectivity index (χ4n) is 2.61. The molecule has 1 amide bonds. The van der Waals surface area contributed by atoms with Crippen LogP contribution in [0.15, 0.2) is 23.6 Å². The van der Waals surface area contributed by atoms with Crippen molar-refractivity contribution in [3.63, 3.8) is 0 Å². The van der Waals surface area contributed by atoms with Crippen molar-refractivity contribution in [1.82, 2.24) is 9.88 Å². The highest BCUT2D eigenvalue weighted by atomic mass is 32.1. The summed E-state index contributed by atoms with van der Waals surface area (Å²) in [5.41, 5.74) is 3.41. The first kappa shape index (κ1) is 20.4. The lowest BCUT2D eigenvalue weighted by Gasteiger charge is -2.29. The van der Waals surface area contributed by atoms with E-state index in [0.717, 1.165) is 22.9 Å². The summed E-state index contributed by atoms with van der Waals surface area (Å²) in [4.78, 5) is 19.1. The average Bonchev–Trinajstić information content (AvgIpc) is 3.07. The number of aryl methyl sites for hydroxylation is 2. The molecule has 2 aromatic rings. The monoisotopic (exact) mass is 374 g/mol. The summed E-state index contributed by atoms with van der Waals surface area (Å²) in [7, 11) is 0. The number of nitrogens with zero attached hydrogens (tertiary/aromatic N) is 2. The molecule has 1 heterocycles. The van der Waals surface area contributed by atoms with Gasteiger partial charge < -0.3 is 9.64 Å². The highest BCUT2D eigenvalue weighted by molar-refractivity contribution is 7.09. The maximum absolute atomic E-state index is 12.5. The van der Waals surface area contributed by atoms with Gasteiger partial charge in [0.05, 0.1) is 12.2 Å². The zero-order valence-electron chi connectivity index (χ0n) is 16.7. The molecule has 1 aromatic heterocycles. The average molecular weight is 375 g/mol. The second kappa shape index (κ2) is 9.17. The Morgan fingerprint density at radius 3 is 2.58 bits per heavy atom. The van der Waals surface area contributed by atoms with Gasteiger partial charge in [-0.2, -0.15) is 0 Å². The van der Waals surface area contributed by atoms with E-state index in [1.165, 1.54) is 11.1 Å². The van der Waals surface area contributed by atoms with Crippen LogP contribution in [0, 0.1) is 19.8 Å². The van der Waals surface area contributed by atoms with E-state index in [1.807, 2.05) is 30.2 Å². The van der Waals surface area contributed by atoms with E-state index in [1.54, 1.807) is 11.3 Å². The number of hydrogen-bond donors (Lipinski definition) is 0. The van der Waals surface area contributed by atoms with Gasteiger partial charge in [-0.25, -0.2) is 4.98 Å². The van der Waals surface area contributed by atoms with Crippen molar-refractivity contribution in [1.29, 1.82) is 0 Å². The largest absolute Gasteiger partial charge is 0.486 e. The summed E-state index contributed by atoms with van der Waals surface area (Å²) in [6.07, 6.45) is 0.936. The van der Waals surface area contributed by atoms with Crippen LogP contribution >= 0.6 is 11.3 Å². The molecule has 142 valence electrons. The Morgan fingerprint density at radius 2 is 1.96 bits per heavy atom. The van der Waals surface area contributed by atoms with E-state index < -0.39 is 0 Å². The van der Waals surface area contributed by atoms with Gasteiger partial charge in [-0.3, -0.25) is 4.79 Å². The van der Waals surface area contributed by atoms with Crippen molar-refractivity contribution in [3.05, 3.63) is 45.4 Å². The zero-order chi connectivity index (χ0) is 19.3. The van der Waals surface area contributed by atoms with Crippen LogP contribution in [0.25, 0.3) is 0 Å². The number of ether oxygens (including phenoxy) is 1. The SMILES string of the molecule is CC[C@H](C)N(Cc1csc(COc2ccc(C)c(C)c2)n1)C(=O)C(C)C. The number of benzene rings is 1. The molecule has 5 heteroatoms. The first-order chi connectivity index (χ1) is 12.3. The van der Waals surface area contributed by atoms with Crippen LogP contribution in [0.4, 0.5) is 0 Å². The maximum Gasteiger partial charge on any atom is 0.225 e. The highest BCUT2D eigenvalue weighted by Gasteiger charge is 2.22. The van der Waals surface area contributed by atoms with E-state index in [2.05, 4.69) is 44.8 Å². The van der Waals surface area contributed by atoms with E-state index in [4.69, 9.17) is 4.74 Å². The van der Waals surface area contributed by atoms with E-state index in [0.29, 0.717) is 13.2 Å². The van der Waals surface area contributed by atoms with Crippen molar-refractivity contribution in [2.75, 3.05) is 0 Å². The third-order valence-corrected chi connectivity index (χ3v) is 5.54. The smallest absolute Gasteiger partial charge is 0.225 e. The Bertz CT molecular complexity index is 739. The summed E-state index contributed by atoms with van der Waals surface area (Å²) in [6, 6.07) is 6.32. The lowest BCUT2D eigenvalue weighted by atomic mass is 10.1. The van der Waals surface area contributed by atoms with Crippen molar-refractivity contribution in [2.45, 2.75) is 67.2 Å². The van der Waals surface area contributed by atoms with Crippen molar-refractivity contribution in [2.24, 2.45) is 5.92 Å². The van der Waals surface area contributed by atoms with Crippen LogP contribution in [-0.4, -0.2) is 21.8 Å². The normalized spacial score (nSPS) is 12.3. The van der Waals surface area contributed by atoms with Crippen LogP contribution < -0.4 is 4.74 Å². The van der Waals surface area contributed by atoms with Crippen molar-refractivity contribution < 1.29 is 9.53 Å². The molecular weight excluding hydrogens is 344 g/mol. The third kappa shape index (κ3) is 5.31. The molecular formula is C21H30N2O2S. The molecule has 0 aliphatic rings. The second-order valence-electron chi connectivity index (χ2n) is 7.15. The van der Waals surface area contributed by atoms with Gasteiger partial charge in [0.2, 0.25) is 5.91 Å². The number of carbonyl (C=O) groups excluding carboxylic acids is 1. The predicted molar refractivity (Wildman–Crippen MR) is 108 cm³/mol. The standard InChI is InChI=1S/C21H30N2O2S/c1-7-17(6)23(21(24)14(2)3)11-18-13-26-20(22-18)12-25-19-9-8-15(4)16(5)10-19/h8-10,13-14,17H,7,11-12H2,1-6H3/t17-/m0/s1. The van der Waals surface area contributed by atoms with E-state index >= 15 is 0 Å². The Balaban J connectivity index is 2.01. The fourth-order valence-corrected chi connectivity index (χ4v) is 3.31. The van der Waals surface area contributed by atoms with Gasteiger partial charge in [-0.15, -0.1) is 11.3 Å². The quantitative estimate of drug-likeness (QED) is 0.644. The molecule has 26 heavy (non-hydrogen) atoms. The number of aromatic nitrogens is 1. The molecule has 0 fully saturated rings. The van der Waals surface area contributed by atoms with E-state index in [9.17, 15) is 4.79 Å². The van der Waals surface area contributed by atoms with Gasteiger partial charge >= 0.3 is 0 Å². The van der Waals surface area contributed by atoms with E-state index in [-0.39, 0.29) is 17.9 Å². The minimum absolute atomic E-state index is 0.00443. The number of hydrogen-bond acceptors (Lipinski definition) is 4. The molecule has 0 saturated heterocycles. The van der Waals surface area contributed by atoms with Gasteiger partial charge in [-0.05, 0) is 50.5 Å². The summed E-state index contributed by atoms with van der Waals surface area (Å²) < 4.78 is 5.87. The van der Waals surface area contributed by atoms with Gasteiger partial charge in [-0.1, -0.05) is 26.8 Å². The summed E-state index contributed by atoms with van der Waals surface area (Å²) in [5.74, 6) is 1.04. The lowest BCUT2D eigenvalue weighted by Crippen LogP contribution is -2.40. The molecule has 0 radical (unpaired) electrons. The molecule has 4 nitrogen and oxygen atoms in total. The molecule has 1 atom stereocenters. The molecule has 0 saturated carbocycles. The number of thiazole rings is 1. The van der Waals surface area contributed by atoms with Gasteiger partial charge in [0.1, 0.15) is 17.4 Å². The van der Waals surface area contributed by atoms with Gasteiger partial charge in [0.25, 0.3) is 0 Å². The van der Waals surface area contributed by atoms with Crippen LogP contribution in [-0.2, 0) is 17.9 Å². The molecule has 0 aliphatic carbocycles. The molecule has 0 aliphatic heterocycles. The molecule has 0 bridgehead atoms. The van der Waals surface area contributed by atoms with Crippen LogP contribution in [0.2, 0.25) is 0 Å². The zero-order valence-corrected chi connectivity index (χ0v) is 17.5. The Morgan fingerprint density at radius 1 is 1.23 bits per heavy atom. The molecule has 2 rings (SSSR count). The Labute approximate surface area is 161 Å². The lowest BCUT2D eigenvalue weighted by molar-refractivity contribution is -0.137. The molecule has 0 N–H and O–H groups in total. The topological polar surface area (TPSA) is 42.4 Å². The third-order valence-electron chi connectivity index (χ3n) is 4.67. The fraction of sp³-hybridized carbons (Fsp3) is 0.524. The van der Waals surface area contributed by atoms with Crippen LogP contribution in [0.1, 0.15) is 55.9 Å². The van der Waals surface area contributed by atoms with Crippen LogP contribution in [0.3, 0.4) is 0 Å². The Kier molecular flexibility index (Phi) is 7.21. The molecule has 0 unspecified atom stereocenters. The van der Waals surface area contributed by atoms with Gasteiger partial charge in [0.15, 0.2) is 0 Å². The Hall–Kier alpha value is -1.88. The molecule has 0 spiro atoms.